The number of rotatable bonds is 4. The Morgan fingerprint density at radius 3 is 2.57 bits per heavy atom. The molecule has 1 aliphatic heterocycles. The number of aryl methyl sites for hydroxylation is 2. The van der Waals surface area contributed by atoms with Crippen LogP contribution in [-0.4, -0.2) is 53.1 Å². The summed E-state index contributed by atoms with van der Waals surface area (Å²) in [6, 6.07) is 6.63. The van der Waals surface area contributed by atoms with E-state index >= 15 is 0 Å². The van der Waals surface area contributed by atoms with E-state index in [1.807, 2.05) is 6.92 Å². The van der Waals surface area contributed by atoms with E-state index in [0.717, 1.165) is 32.7 Å². The van der Waals surface area contributed by atoms with Gasteiger partial charge in [0.15, 0.2) is 5.84 Å². The largest absolute Gasteiger partial charge is 0.409 e. The van der Waals surface area contributed by atoms with Gasteiger partial charge in [0, 0.05) is 32.7 Å². The van der Waals surface area contributed by atoms with Gasteiger partial charge in [-0.2, -0.15) is 0 Å². The van der Waals surface area contributed by atoms with E-state index in [0.29, 0.717) is 0 Å². The van der Waals surface area contributed by atoms with Crippen LogP contribution in [-0.2, 0) is 6.54 Å². The van der Waals surface area contributed by atoms with Crippen LogP contribution in [0.25, 0.3) is 0 Å². The van der Waals surface area contributed by atoms with E-state index in [1.54, 1.807) is 0 Å². The minimum Gasteiger partial charge on any atom is -0.409 e. The highest BCUT2D eigenvalue weighted by Crippen LogP contribution is 2.15. The van der Waals surface area contributed by atoms with Crippen LogP contribution in [0, 0.1) is 13.8 Å². The summed E-state index contributed by atoms with van der Waals surface area (Å²) in [5.74, 6) is 0.290. The summed E-state index contributed by atoms with van der Waals surface area (Å²) in [7, 11) is 0. The molecule has 0 spiro atoms. The Labute approximate surface area is 127 Å². The maximum atomic E-state index is 8.77. The lowest BCUT2D eigenvalue weighted by molar-refractivity contribution is 0.116. The number of benzene rings is 1. The van der Waals surface area contributed by atoms with Gasteiger partial charge in [-0.05, 0) is 31.9 Å². The van der Waals surface area contributed by atoms with Crippen molar-refractivity contribution in [2.45, 2.75) is 33.4 Å². The lowest BCUT2D eigenvalue weighted by atomic mass is 10.0. The monoisotopic (exact) mass is 290 g/mol. The van der Waals surface area contributed by atoms with Crippen molar-refractivity contribution in [3.63, 3.8) is 0 Å². The number of hydrogen-bond acceptors (Lipinski definition) is 4. The van der Waals surface area contributed by atoms with Crippen LogP contribution < -0.4 is 5.73 Å². The van der Waals surface area contributed by atoms with Crippen LogP contribution in [0.2, 0.25) is 0 Å². The molecule has 116 valence electrons. The van der Waals surface area contributed by atoms with Gasteiger partial charge in [-0.15, -0.1) is 0 Å². The molecule has 0 amide bonds. The summed E-state index contributed by atoms with van der Waals surface area (Å²) in [5, 5.41) is 11.9. The lowest BCUT2D eigenvalue weighted by Gasteiger charge is -2.37. The summed E-state index contributed by atoms with van der Waals surface area (Å²) in [6.07, 6.45) is 0. The Bertz CT molecular complexity index is 507. The van der Waals surface area contributed by atoms with Crippen LogP contribution in [0.15, 0.2) is 23.4 Å². The van der Waals surface area contributed by atoms with Gasteiger partial charge in [0.2, 0.25) is 0 Å². The predicted octanol–water partition coefficient (Wildman–Crippen LogP) is 1.56. The molecule has 0 saturated carbocycles. The quantitative estimate of drug-likeness (QED) is 0.382. The molecule has 1 aromatic rings. The van der Waals surface area contributed by atoms with Gasteiger partial charge in [0.1, 0.15) is 0 Å². The molecule has 0 radical (unpaired) electrons. The van der Waals surface area contributed by atoms with Gasteiger partial charge >= 0.3 is 0 Å². The maximum absolute atomic E-state index is 8.77. The smallest absolute Gasteiger partial charge is 0.156 e. The van der Waals surface area contributed by atoms with E-state index < -0.39 is 0 Å². The molecule has 1 atom stereocenters. The first-order valence-corrected chi connectivity index (χ1v) is 7.51. The molecule has 2 rings (SSSR count). The van der Waals surface area contributed by atoms with Crippen molar-refractivity contribution >= 4 is 5.84 Å². The second kappa shape index (κ2) is 6.91. The number of oxime groups is 1. The van der Waals surface area contributed by atoms with Gasteiger partial charge in [0.25, 0.3) is 0 Å². The molecule has 1 unspecified atom stereocenters. The fraction of sp³-hybridized carbons (Fsp3) is 0.562. The molecule has 1 fully saturated rings. The highest BCUT2D eigenvalue weighted by atomic mass is 16.4. The molecule has 1 saturated heterocycles. The van der Waals surface area contributed by atoms with Crippen molar-refractivity contribution in [3.8, 4) is 0 Å². The zero-order chi connectivity index (χ0) is 15.4. The third-order valence-electron chi connectivity index (χ3n) is 4.40. The molecule has 0 bridgehead atoms. The number of hydrogen-bond donors (Lipinski definition) is 2. The van der Waals surface area contributed by atoms with Crippen LogP contribution in [0.1, 0.15) is 23.6 Å². The summed E-state index contributed by atoms with van der Waals surface area (Å²) in [5.41, 5.74) is 9.77. The number of nitrogens with zero attached hydrogens (tertiary/aromatic N) is 3. The van der Waals surface area contributed by atoms with Crippen molar-refractivity contribution in [2.75, 3.05) is 26.2 Å². The topological polar surface area (TPSA) is 65.1 Å². The fourth-order valence-corrected chi connectivity index (χ4v) is 2.79. The SMILES string of the molecule is Cc1ccc(C)c(CN2CCN(C(C)C(N)=NO)CC2)c1. The molecule has 0 aliphatic carbocycles. The third kappa shape index (κ3) is 3.95. The first-order valence-electron chi connectivity index (χ1n) is 7.51. The van der Waals surface area contributed by atoms with E-state index in [2.05, 4.69) is 47.0 Å². The van der Waals surface area contributed by atoms with Gasteiger partial charge in [0.05, 0.1) is 6.04 Å². The fourth-order valence-electron chi connectivity index (χ4n) is 2.79. The van der Waals surface area contributed by atoms with Crippen LogP contribution >= 0.6 is 0 Å². The molecule has 1 heterocycles. The number of piperazine rings is 1. The van der Waals surface area contributed by atoms with E-state index in [4.69, 9.17) is 10.9 Å². The normalized spacial score (nSPS) is 19.7. The van der Waals surface area contributed by atoms with Crippen molar-refractivity contribution in [2.24, 2.45) is 10.9 Å². The van der Waals surface area contributed by atoms with Crippen LogP contribution in [0.5, 0.6) is 0 Å². The minimum atomic E-state index is -0.00199. The van der Waals surface area contributed by atoms with E-state index in [1.165, 1.54) is 16.7 Å². The van der Waals surface area contributed by atoms with Crippen LogP contribution in [0.4, 0.5) is 0 Å². The zero-order valence-electron chi connectivity index (χ0n) is 13.2. The molecule has 1 aliphatic rings. The number of nitrogens with two attached hydrogens (primary N) is 1. The van der Waals surface area contributed by atoms with E-state index in [9.17, 15) is 0 Å². The average Bonchev–Trinajstić information content (AvgIpc) is 2.50. The second-order valence-corrected chi connectivity index (χ2v) is 5.94. The third-order valence-corrected chi connectivity index (χ3v) is 4.40. The van der Waals surface area contributed by atoms with Crippen LogP contribution in [0.3, 0.4) is 0 Å². The Kier molecular flexibility index (Phi) is 5.20. The van der Waals surface area contributed by atoms with Gasteiger partial charge in [-0.1, -0.05) is 28.9 Å². The first kappa shape index (κ1) is 15.8. The van der Waals surface area contributed by atoms with E-state index in [-0.39, 0.29) is 11.9 Å². The lowest BCUT2D eigenvalue weighted by Crippen LogP contribution is -2.52. The number of amidine groups is 1. The predicted molar refractivity (Wildman–Crippen MR) is 85.6 cm³/mol. The summed E-state index contributed by atoms with van der Waals surface area (Å²) in [6.45, 7) is 11.2. The summed E-state index contributed by atoms with van der Waals surface area (Å²) in [4.78, 5) is 4.73. The van der Waals surface area contributed by atoms with Crippen molar-refractivity contribution < 1.29 is 5.21 Å². The molecular formula is C16H26N4O. The van der Waals surface area contributed by atoms with Crippen molar-refractivity contribution in [3.05, 3.63) is 34.9 Å². The highest BCUT2D eigenvalue weighted by molar-refractivity contribution is 5.84. The standard InChI is InChI=1S/C16H26N4O/c1-12-4-5-13(2)15(10-12)11-19-6-8-20(9-7-19)14(3)16(17)18-21/h4-5,10,14,21H,6-9,11H2,1-3H3,(H2,17,18). The first-order chi connectivity index (χ1) is 10.0. The highest BCUT2D eigenvalue weighted by Gasteiger charge is 2.23. The summed E-state index contributed by atoms with van der Waals surface area (Å²) < 4.78 is 0. The average molecular weight is 290 g/mol. The molecular weight excluding hydrogens is 264 g/mol. The maximum Gasteiger partial charge on any atom is 0.156 e. The molecule has 21 heavy (non-hydrogen) atoms. The molecule has 5 nitrogen and oxygen atoms in total. The van der Waals surface area contributed by atoms with Gasteiger partial charge in [-0.3, -0.25) is 9.80 Å². The van der Waals surface area contributed by atoms with Crippen molar-refractivity contribution in [1.29, 1.82) is 0 Å². The molecule has 0 aromatic heterocycles. The van der Waals surface area contributed by atoms with Gasteiger partial charge < -0.3 is 10.9 Å². The van der Waals surface area contributed by atoms with Gasteiger partial charge in [-0.25, -0.2) is 0 Å². The second-order valence-electron chi connectivity index (χ2n) is 5.94. The minimum absolute atomic E-state index is 0.00199. The Balaban J connectivity index is 1.91. The molecule has 5 heteroatoms. The Morgan fingerprint density at radius 1 is 1.29 bits per heavy atom. The van der Waals surface area contributed by atoms with Crippen molar-refractivity contribution in [1.82, 2.24) is 9.80 Å². The zero-order valence-corrected chi connectivity index (χ0v) is 13.2. The Morgan fingerprint density at radius 2 is 1.95 bits per heavy atom. The molecule has 1 aromatic carbocycles. The molecule has 3 N–H and O–H groups in total. The Hall–Kier alpha value is -1.59. The summed E-state index contributed by atoms with van der Waals surface area (Å²) >= 11 is 0.